The molecule has 1 aliphatic rings. The first-order valence-electron chi connectivity index (χ1n) is 12.4. The predicted octanol–water partition coefficient (Wildman–Crippen LogP) is 6.99. The molecule has 3 aromatic rings. The number of nitrogens with one attached hydrogen (secondary N) is 2. The zero-order valence-electron chi connectivity index (χ0n) is 19.9. The number of ether oxygens (including phenoxy) is 1. The summed E-state index contributed by atoms with van der Waals surface area (Å²) < 4.78 is 5.50. The number of H-pyrrole nitrogens is 1. The summed E-state index contributed by atoms with van der Waals surface area (Å²) in [7, 11) is 0. The van der Waals surface area contributed by atoms with Crippen LogP contribution in [0, 0.1) is 0 Å². The van der Waals surface area contributed by atoms with Gasteiger partial charge in [0.1, 0.15) is 12.4 Å². The van der Waals surface area contributed by atoms with E-state index >= 15 is 0 Å². The molecule has 1 saturated carbocycles. The van der Waals surface area contributed by atoms with Gasteiger partial charge in [0, 0.05) is 19.0 Å². The van der Waals surface area contributed by atoms with Gasteiger partial charge in [-0.15, -0.1) is 0 Å². The third-order valence-corrected chi connectivity index (χ3v) is 6.39. The van der Waals surface area contributed by atoms with Crippen molar-refractivity contribution in [3.8, 4) is 0 Å². The van der Waals surface area contributed by atoms with Gasteiger partial charge >= 0.3 is 6.09 Å². The highest BCUT2D eigenvalue weighted by Gasteiger charge is 2.21. The molecular weight excluding hydrogens is 412 g/mol. The van der Waals surface area contributed by atoms with E-state index in [1.54, 1.807) is 0 Å². The number of aromatic nitrogens is 2. The fourth-order valence-corrected chi connectivity index (χ4v) is 4.76. The van der Waals surface area contributed by atoms with E-state index in [2.05, 4.69) is 35.1 Å². The SMILES string of the molecule is CCCN(CCC)c1cc2nc(C3CCCCC3)[nH]c2cc1NC(=O)OCc1ccccc1. The van der Waals surface area contributed by atoms with Crippen LogP contribution in [0.1, 0.15) is 76.1 Å². The number of imidazole rings is 1. The van der Waals surface area contributed by atoms with Crippen molar-refractivity contribution in [1.82, 2.24) is 9.97 Å². The van der Waals surface area contributed by atoms with E-state index in [0.29, 0.717) is 5.92 Å². The second-order valence-corrected chi connectivity index (χ2v) is 9.02. The molecule has 6 heteroatoms. The Bertz CT molecular complexity index is 1030. The molecule has 2 aromatic carbocycles. The van der Waals surface area contributed by atoms with E-state index in [4.69, 9.17) is 9.72 Å². The fraction of sp³-hybridized carbons (Fsp3) is 0.481. The maximum atomic E-state index is 12.7. The third kappa shape index (κ3) is 5.86. The minimum atomic E-state index is -0.445. The van der Waals surface area contributed by atoms with Gasteiger partial charge in [0.05, 0.1) is 22.4 Å². The van der Waals surface area contributed by atoms with Crippen molar-refractivity contribution in [2.75, 3.05) is 23.3 Å². The molecule has 0 bridgehead atoms. The zero-order chi connectivity index (χ0) is 23.0. The number of carbonyl (C=O) groups is 1. The average molecular weight is 449 g/mol. The first-order chi connectivity index (χ1) is 16.2. The quantitative estimate of drug-likeness (QED) is 0.370. The number of rotatable bonds is 9. The summed E-state index contributed by atoms with van der Waals surface area (Å²) in [6.45, 7) is 6.45. The van der Waals surface area contributed by atoms with Gasteiger partial charge in [-0.1, -0.05) is 63.4 Å². The molecular formula is C27H36N4O2. The number of anilines is 2. The van der Waals surface area contributed by atoms with Crippen molar-refractivity contribution in [2.45, 2.75) is 71.3 Å². The molecule has 176 valence electrons. The van der Waals surface area contributed by atoms with Crippen LogP contribution in [-0.2, 0) is 11.3 Å². The number of amides is 1. The number of nitrogens with zero attached hydrogens (tertiary/aromatic N) is 2. The summed E-state index contributed by atoms with van der Waals surface area (Å²) in [6, 6.07) is 13.9. The number of aromatic amines is 1. The van der Waals surface area contributed by atoms with Crippen LogP contribution in [0.2, 0.25) is 0 Å². The number of benzene rings is 2. The zero-order valence-corrected chi connectivity index (χ0v) is 19.9. The van der Waals surface area contributed by atoms with Crippen LogP contribution < -0.4 is 10.2 Å². The van der Waals surface area contributed by atoms with Gasteiger partial charge in [0.2, 0.25) is 0 Å². The highest BCUT2D eigenvalue weighted by molar-refractivity contribution is 5.95. The highest BCUT2D eigenvalue weighted by Crippen LogP contribution is 2.35. The predicted molar refractivity (Wildman–Crippen MR) is 135 cm³/mol. The average Bonchev–Trinajstić information content (AvgIpc) is 3.26. The van der Waals surface area contributed by atoms with Gasteiger partial charge in [-0.2, -0.15) is 0 Å². The van der Waals surface area contributed by atoms with Crippen LogP contribution in [0.4, 0.5) is 16.2 Å². The molecule has 0 aliphatic heterocycles. The molecule has 0 unspecified atom stereocenters. The van der Waals surface area contributed by atoms with E-state index in [1.165, 1.54) is 32.1 Å². The minimum absolute atomic E-state index is 0.244. The Morgan fingerprint density at radius 2 is 1.82 bits per heavy atom. The Morgan fingerprint density at radius 1 is 1.09 bits per heavy atom. The molecule has 1 amide bonds. The summed E-state index contributed by atoms with van der Waals surface area (Å²) in [4.78, 5) is 23.5. The molecule has 0 spiro atoms. The Morgan fingerprint density at radius 3 is 2.52 bits per heavy atom. The van der Waals surface area contributed by atoms with Gasteiger partial charge in [-0.05, 0) is 43.4 Å². The van der Waals surface area contributed by atoms with E-state index < -0.39 is 6.09 Å². The van der Waals surface area contributed by atoms with Crippen LogP contribution in [0.3, 0.4) is 0 Å². The van der Waals surface area contributed by atoms with E-state index in [-0.39, 0.29) is 6.61 Å². The van der Waals surface area contributed by atoms with Crippen molar-refractivity contribution in [3.63, 3.8) is 0 Å². The molecule has 4 rings (SSSR count). The summed E-state index contributed by atoms with van der Waals surface area (Å²) in [5.41, 5.74) is 4.66. The van der Waals surface area contributed by atoms with Gasteiger partial charge in [-0.3, -0.25) is 5.32 Å². The molecule has 2 N–H and O–H groups in total. The molecule has 0 atom stereocenters. The summed E-state index contributed by atoms with van der Waals surface area (Å²) >= 11 is 0. The van der Waals surface area contributed by atoms with Gasteiger partial charge in [0.15, 0.2) is 0 Å². The maximum absolute atomic E-state index is 12.7. The Hall–Kier alpha value is -3.02. The molecule has 1 aliphatic carbocycles. The summed E-state index contributed by atoms with van der Waals surface area (Å²) in [6.07, 6.45) is 7.88. The fourth-order valence-electron chi connectivity index (χ4n) is 4.76. The Balaban J connectivity index is 1.60. The van der Waals surface area contributed by atoms with Gasteiger partial charge in [0.25, 0.3) is 0 Å². The standard InChI is InChI=1S/C27H36N4O2/c1-3-15-31(16-4-2)25-18-23-22(28-26(29-23)21-13-9-6-10-14-21)17-24(25)30-27(32)33-19-20-11-7-5-8-12-20/h5,7-8,11-12,17-18,21H,3-4,6,9-10,13-16,19H2,1-2H3,(H,28,29)(H,30,32). The normalized spacial score (nSPS) is 14.4. The van der Waals surface area contributed by atoms with E-state index in [1.807, 2.05) is 36.4 Å². The molecule has 1 fully saturated rings. The third-order valence-electron chi connectivity index (χ3n) is 6.39. The van der Waals surface area contributed by atoms with Crippen LogP contribution >= 0.6 is 0 Å². The lowest BCUT2D eigenvalue weighted by atomic mass is 9.89. The van der Waals surface area contributed by atoms with Crippen molar-refractivity contribution < 1.29 is 9.53 Å². The number of hydrogen-bond donors (Lipinski definition) is 2. The first-order valence-corrected chi connectivity index (χ1v) is 12.4. The molecule has 6 nitrogen and oxygen atoms in total. The van der Waals surface area contributed by atoms with Gasteiger partial charge < -0.3 is 14.6 Å². The highest BCUT2D eigenvalue weighted by atomic mass is 16.5. The topological polar surface area (TPSA) is 70.2 Å². The lowest BCUT2D eigenvalue weighted by molar-refractivity contribution is 0.155. The van der Waals surface area contributed by atoms with Crippen molar-refractivity contribution in [2.24, 2.45) is 0 Å². The Kier molecular flexibility index (Phi) is 7.87. The van der Waals surface area contributed by atoms with Crippen LogP contribution in [-0.4, -0.2) is 29.2 Å². The van der Waals surface area contributed by atoms with Crippen molar-refractivity contribution in [1.29, 1.82) is 0 Å². The van der Waals surface area contributed by atoms with Crippen LogP contribution in [0.5, 0.6) is 0 Å². The lowest BCUT2D eigenvalue weighted by Gasteiger charge is -2.26. The molecule has 33 heavy (non-hydrogen) atoms. The number of hydrogen-bond acceptors (Lipinski definition) is 4. The monoisotopic (exact) mass is 448 g/mol. The molecule has 0 radical (unpaired) electrons. The van der Waals surface area contributed by atoms with Crippen molar-refractivity contribution >= 4 is 28.5 Å². The maximum Gasteiger partial charge on any atom is 0.412 e. The molecule has 1 aromatic heterocycles. The minimum Gasteiger partial charge on any atom is -0.444 e. The Labute approximate surface area is 196 Å². The van der Waals surface area contributed by atoms with E-state index in [0.717, 1.165) is 59.7 Å². The summed E-state index contributed by atoms with van der Waals surface area (Å²) in [5, 5.41) is 3.01. The van der Waals surface area contributed by atoms with Crippen molar-refractivity contribution in [3.05, 3.63) is 53.9 Å². The largest absolute Gasteiger partial charge is 0.444 e. The van der Waals surface area contributed by atoms with Crippen LogP contribution in [0.15, 0.2) is 42.5 Å². The van der Waals surface area contributed by atoms with Gasteiger partial charge in [-0.25, -0.2) is 9.78 Å². The lowest BCUT2D eigenvalue weighted by Crippen LogP contribution is -2.26. The number of carbonyl (C=O) groups excluding carboxylic acids is 1. The summed E-state index contributed by atoms with van der Waals surface area (Å²) in [5.74, 6) is 1.58. The molecule has 1 heterocycles. The second kappa shape index (κ2) is 11.2. The number of fused-ring (bicyclic) bond motifs is 1. The molecule has 0 saturated heterocycles. The van der Waals surface area contributed by atoms with E-state index in [9.17, 15) is 4.79 Å². The smallest absolute Gasteiger partial charge is 0.412 e. The second-order valence-electron chi connectivity index (χ2n) is 9.02. The van der Waals surface area contributed by atoms with Crippen LogP contribution in [0.25, 0.3) is 11.0 Å². The first kappa shape index (κ1) is 23.1.